The number of rotatable bonds is 6. The Balaban J connectivity index is 1.57. The Bertz CT molecular complexity index is 893. The van der Waals surface area contributed by atoms with Crippen molar-refractivity contribution < 1.29 is 18.8 Å². The van der Waals surface area contributed by atoms with E-state index >= 15 is 0 Å². The summed E-state index contributed by atoms with van der Waals surface area (Å²) in [5.74, 6) is -1.28. The van der Waals surface area contributed by atoms with Crippen molar-refractivity contribution in [1.29, 1.82) is 0 Å². The van der Waals surface area contributed by atoms with Crippen LogP contribution in [0, 0.1) is 11.7 Å². The third-order valence-electron chi connectivity index (χ3n) is 4.47. The molecule has 3 rings (SSSR count). The van der Waals surface area contributed by atoms with Gasteiger partial charge in [0.2, 0.25) is 17.7 Å². The van der Waals surface area contributed by atoms with Gasteiger partial charge in [0.1, 0.15) is 5.82 Å². The maximum absolute atomic E-state index is 14.3. The van der Waals surface area contributed by atoms with Crippen LogP contribution in [-0.2, 0) is 14.4 Å². The molecule has 1 aliphatic rings. The van der Waals surface area contributed by atoms with E-state index in [4.69, 9.17) is 0 Å². The van der Waals surface area contributed by atoms with Crippen molar-refractivity contribution in [2.45, 2.75) is 32.6 Å². The van der Waals surface area contributed by atoms with Crippen molar-refractivity contribution >= 4 is 39.9 Å². The first-order chi connectivity index (χ1) is 13.4. The highest BCUT2D eigenvalue weighted by Crippen LogP contribution is 2.28. The summed E-state index contributed by atoms with van der Waals surface area (Å²) in [4.78, 5) is 39.2. The third-order valence-corrected chi connectivity index (χ3v) is 5.22. The largest absolute Gasteiger partial charge is 0.347 e. The number of carbonyl (C=O) groups is 3. The van der Waals surface area contributed by atoms with E-state index in [0.29, 0.717) is 16.5 Å². The lowest BCUT2D eigenvalue weighted by molar-refractivity contribution is -0.127. The lowest BCUT2D eigenvalue weighted by Gasteiger charge is -2.09. The first kappa shape index (κ1) is 19.9. The molecule has 2 aromatic rings. The first-order valence-electron chi connectivity index (χ1n) is 9.03. The van der Waals surface area contributed by atoms with E-state index in [9.17, 15) is 18.8 Å². The standard InChI is InChI=1S/C19H21FN4O3S/c1-11(25)22-13-6-7-14(15(20)8-13)16-10-28-19(23-16)24-17(26)9-21-18(27)12-4-2-3-5-12/h6-8,10,12H,2-5,9H2,1H3,(H,21,27)(H,22,25)(H,23,24,26). The van der Waals surface area contributed by atoms with Crippen LogP contribution in [0.1, 0.15) is 32.6 Å². The molecule has 0 bridgehead atoms. The molecule has 0 saturated heterocycles. The van der Waals surface area contributed by atoms with Gasteiger partial charge in [0.25, 0.3) is 0 Å². The lowest BCUT2D eigenvalue weighted by Crippen LogP contribution is -2.36. The minimum Gasteiger partial charge on any atom is -0.347 e. The zero-order chi connectivity index (χ0) is 20.1. The van der Waals surface area contributed by atoms with Crippen LogP contribution in [-0.4, -0.2) is 29.3 Å². The van der Waals surface area contributed by atoms with E-state index < -0.39 is 5.82 Å². The zero-order valence-electron chi connectivity index (χ0n) is 15.4. The molecule has 7 nitrogen and oxygen atoms in total. The molecule has 1 aliphatic carbocycles. The Labute approximate surface area is 165 Å². The van der Waals surface area contributed by atoms with Gasteiger partial charge >= 0.3 is 0 Å². The van der Waals surface area contributed by atoms with Gasteiger partial charge in [0.15, 0.2) is 5.13 Å². The molecule has 0 atom stereocenters. The van der Waals surface area contributed by atoms with Crippen LogP contribution in [0.4, 0.5) is 15.2 Å². The summed E-state index contributed by atoms with van der Waals surface area (Å²) >= 11 is 1.16. The molecule has 1 aromatic heterocycles. The van der Waals surface area contributed by atoms with Crippen LogP contribution in [0.2, 0.25) is 0 Å². The van der Waals surface area contributed by atoms with Gasteiger partial charge in [-0.2, -0.15) is 0 Å². The number of carbonyl (C=O) groups excluding carboxylic acids is 3. The van der Waals surface area contributed by atoms with Crippen LogP contribution >= 0.6 is 11.3 Å². The van der Waals surface area contributed by atoms with Crippen molar-refractivity contribution in [3.8, 4) is 11.3 Å². The molecule has 3 amide bonds. The minimum absolute atomic E-state index is 0.00250. The summed E-state index contributed by atoms with van der Waals surface area (Å²) in [6, 6.07) is 4.31. The van der Waals surface area contributed by atoms with E-state index in [2.05, 4.69) is 20.9 Å². The molecule has 1 heterocycles. The SMILES string of the molecule is CC(=O)Nc1ccc(-c2csc(NC(=O)CNC(=O)C3CCCC3)n2)c(F)c1. The second-order valence-electron chi connectivity index (χ2n) is 6.66. The average Bonchev–Trinajstić information content (AvgIpc) is 3.31. The summed E-state index contributed by atoms with van der Waals surface area (Å²) < 4.78 is 14.3. The summed E-state index contributed by atoms with van der Waals surface area (Å²) in [5, 5.41) is 9.71. The number of halogens is 1. The Hall–Kier alpha value is -2.81. The van der Waals surface area contributed by atoms with Crippen molar-refractivity contribution in [2.75, 3.05) is 17.2 Å². The van der Waals surface area contributed by atoms with Gasteiger partial charge in [0.05, 0.1) is 12.2 Å². The fourth-order valence-corrected chi connectivity index (χ4v) is 3.85. The number of amides is 3. The molecular formula is C19H21FN4O3S. The van der Waals surface area contributed by atoms with E-state index in [1.807, 2.05) is 0 Å². The molecule has 1 fully saturated rings. The number of nitrogens with zero attached hydrogens (tertiary/aromatic N) is 1. The summed E-state index contributed by atoms with van der Waals surface area (Å²) in [6.07, 6.45) is 3.84. The monoisotopic (exact) mass is 404 g/mol. The van der Waals surface area contributed by atoms with Gasteiger partial charge in [-0.25, -0.2) is 9.37 Å². The number of hydrogen-bond acceptors (Lipinski definition) is 5. The molecule has 0 radical (unpaired) electrons. The second kappa shape index (κ2) is 8.92. The molecular weight excluding hydrogens is 383 g/mol. The molecule has 9 heteroatoms. The van der Waals surface area contributed by atoms with E-state index in [0.717, 1.165) is 37.0 Å². The Morgan fingerprint density at radius 2 is 1.96 bits per heavy atom. The number of hydrogen-bond donors (Lipinski definition) is 3. The molecule has 148 valence electrons. The molecule has 0 unspecified atom stereocenters. The molecule has 28 heavy (non-hydrogen) atoms. The zero-order valence-corrected chi connectivity index (χ0v) is 16.2. The van der Waals surface area contributed by atoms with Crippen LogP contribution in [0.3, 0.4) is 0 Å². The van der Waals surface area contributed by atoms with Gasteiger partial charge in [0, 0.05) is 29.5 Å². The van der Waals surface area contributed by atoms with E-state index in [1.165, 1.54) is 19.1 Å². The lowest BCUT2D eigenvalue weighted by atomic mass is 10.1. The highest BCUT2D eigenvalue weighted by molar-refractivity contribution is 7.14. The van der Waals surface area contributed by atoms with Gasteiger partial charge in [-0.3, -0.25) is 14.4 Å². The maximum atomic E-state index is 14.3. The molecule has 0 spiro atoms. The Kier molecular flexibility index (Phi) is 6.35. The van der Waals surface area contributed by atoms with Crippen LogP contribution in [0.15, 0.2) is 23.6 Å². The van der Waals surface area contributed by atoms with E-state index in [-0.39, 0.29) is 35.7 Å². The Morgan fingerprint density at radius 1 is 1.21 bits per heavy atom. The number of thiazole rings is 1. The van der Waals surface area contributed by atoms with Crippen LogP contribution in [0.5, 0.6) is 0 Å². The molecule has 0 aliphatic heterocycles. The Morgan fingerprint density at radius 3 is 2.64 bits per heavy atom. The van der Waals surface area contributed by atoms with Gasteiger partial charge in [-0.1, -0.05) is 12.8 Å². The summed E-state index contributed by atoms with van der Waals surface area (Å²) in [7, 11) is 0. The number of nitrogens with one attached hydrogen (secondary N) is 3. The average molecular weight is 404 g/mol. The summed E-state index contributed by atoms with van der Waals surface area (Å²) in [5.41, 5.74) is 0.998. The normalized spacial score (nSPS) is 13.9. The van der Waals surface area contributed by atoms with Gasteiger partial charge < -0.3 is 16.0 Å². The number of aromatic nitrogens is 1. The quantitative estimate of drug-likeness (QED) is 0.689. The van der Waals surface area contributed by atoms with Crippen molar-refractivity contribution in [2.24, 2.45) is 5.92 Å². The predicted molar refractivity (Wildman–Crippen MR) is 105 cm³/mol. The smallest absolute Gasteiger partial charge is 0.245 e. The van der Waals surface area contributed by atoms with Crippen LogP contribution in [0.25, 0.3) is 11.3 Å². The third kappa shape index (κ3) is 5.13. The molecule has 1 aromatic carbocycles. The fourth-order valence-electron chi connectivity index (χ4n) is 3.12. The van der Waals surface area contributed by atoms with Crippen molar-refractivity contribution in [1.82, 2.24) is 10.3 Å². The highest BCUT2D eigenvalue weighted by atomic mass is 32.1. The first-order valence-corrected chi connectivity index (χ1v) is 9.91. The van der Waals surface area contributed by atoms with Crippen molar-refractivity contribution in [3.05, 3.63) is 29.4 Å². The van der Waals surface area contributed by atoms with Gasteiger partial charge in [-0.05, 0) is 31.0 Å². The van der Waals surface area contributed by atoms with Gasteiger partial charge in [-0.15, -0.1) is 11.3 Å². The summed E-state index contributed by atoms with van der Waals surface area (Å²) in [6.45, 7) is 1.22. The predicted octanol–water partition coefficient (Wildman–Crippen LogP) is 3.15. The number of anilines is 2. The van der Waals surface area contributed by atoms with Crippen molar-refractivity contribution in [3.63, 3.8) is 0 Å². The number of benzene rings is 1. The fraction of sp³-hybridized carbons (Fsp3) is 0.368. The minimum atomic E-state index is -0.529. The second-order valence-corrected chi connectivity index (χ2v) is 7.52. The maximum Gasteiger partial charge on any atom is 0.245 e. The van der Waals surface area contributed by atoms with Crippen LogP contribution < -0.4 is 16.0 Å². The molecule has 3 N–H and O–H groups in total. The molecule has 1 saturated carbocycles. The highest BCUT2D eigenvalue weighted by Gasteiger charge is 2.22. The topological polar surface area (TPSA) is 100 Å². The van der Waals surface area contributed by atoms with E-state index in [1.54, 1.807) is 11.4 Å².